The minimum atomic E-state index is -0.479. The fourth-order valence-electron chi connectivity index (χ4n) is 10.3. The molecule has 6 aliphatic rings. The second-order valence-corrected chi connectivity index (χ2v) is 14.2. The number of fused-ring (bicyclic) bond motifs is 3. The summed E-state index contributed by atoms with van der Waals surface area (Å²) in [5.74, 6) is 3.48. The molecule has 2 aromatic rings. The van der Waals surface area contributed by atoms with E-state index in [1.165, 1.54) is 55.2 Å². The molecule has 0 unspecified atom stereocenters. The van der Waals surface area contributed by atoms with Crippen molar-refractivity contribution in [1.29, 1.82) is 0 Å². The van der Waals surface area contributed by atoms with Crippen LogP contribution in [0, 0.1) is 40.4 Å². The van der Waals surface area contributed by atoms with Crippen LogP contribution in [0.2, 0.25) is 0 Å². The SMILES string of the molecule is C[C@@H](CC=C(c1ccccc1)c1ccccc1)[C@H]1C[C@@H]2[C@@H]3CC[C@@H]4C[C@H]5CC[C@]4(C)[C@@]3(O5)C(=O)C[C@]2(C)C1. The van der Waals surface area contributed by atoms with Crippen molar-refractivity contribution in [3.63, 3.8) is 0 Å². The van der Waals surface area contributed by atoms with Gasteiger partial charge in [-0.15, -0.1) is 0 Å². The van der Waals surface area contributed by atoms with E-state index < -0.39 is 5.60 Å². The van der Waals surface area contributed by atoms with Crippen LogP contribution < -0.4 is 0 Å². The monoisotopic (exact) mass is 508 g/mol. The topological polar surface area (TPSA) is 26.3 Å². The first-order valence-electron chi connectivity index (χ1n) is 15.4. The van der Waals surface area contributed by atoms with E-state index in [1.807, 2.05) is 0 Å². The van der Waals surface area contributed by atoms with Gasteiger partial charge in [0.2, 0.25) is 0 Å². The first kappa shape index (κ1) is 24.8. The molecule has 0 aromatic heterocycles. The van der Waals surface area contributed by atoms with Gasteiger partial charge in [-0.25, -0.2) is 0 Å². The van der Waals surface area contributed by atoms with Crippen LogP contribution >= 0.6 is 0 Å². The number of rotatable bonds is 5. The highest BCUT2D eigenvalue weighted by Crippen LogP contribution is 2.72. The molecule has 200 valence electrons. The molecule has 2 aliphatic heterocycles. The number of hydrogen-bond acceptors (Lipinski definition) is 2. The normalized spacial score (nSPS) is 41.8. The number of benzene rings is 2. The zero-order valence-electron chi connectivity index (χ0n) is 23.5. The van der Waals surface area contributed by atoms with Crippen LogP contribution in [0.15, 0.2) is 66.7 Å². The van der Waals surface area contributed by atoms with E-state index >= 15 is 0 Å². The molecular formula is C36H44O2. The molecule has 2 saturated heterocycles. The van der Waals surface area contributed by atoms with Gasteiger partial charge in [-0.3, -0.25) is 4.79 Å². The Bertz CT molecular complexity index is 1190. The lowest BCUT2D eigenvalue weighted by Crippen LogP contribution is -2.74. The minimum Gasteiger partial charge on any atom is -0.363 e. The highest BCUT2D eigenvalue weighted by atomic mass is 16.5. The summed E-state index contributed by atoms with van der Waals surface area (Å²) in [5, 5.41) is 0. The van der Waals surface area contributed by atoms with Crippen molar-refractivity contribution in [2.75, 3.05) is 0 Å². The van der Waals surface area contributed by atoms with Gasteiger partial charge in [0.05, 0.1) is 6.10 Å². The molecule has 0 N–H and O–H groups in total. The van der Waals surface area contributed by atoms with Gasteiger partial charge in [0.1, 0.15) is 5.60 Å². The van der Waals surface area contributed by atoms with E-state index in [0.717, 1.165) is 19.3 Å². The predicted molar refractivity (Wildman–Crippen MR) is 153 cm³/mol. The van der Waals surface area contributed by atoms with Crippen molar-refractivity contribution in [3.8, 4) is 0 Å². The quantitative estimate of drug-likeness (QED) is 0.405. The summed E-state index contributed by atoms with van der Waals surface area (Å²) in [6.07, 6.45) is 13.2. The molecule has 4 aliphatic carbocycles. The Kier molecular flexibility index (Phi) is 5.82. The van der Waals surface area contributed by atoms with Crippen LogP contribution in [-0.2, 0) is 9.53 Å². The minimum absolute atomic E-state index is 0.0653. The van der Waals surface area contributed by atoms with Gasteiger partial charge in [-0.2, -0.15) is 0 Å². The van der Waals surface area contributed by atoms with E-state index in [1.54, 1.807) is 0 Å². The Morgan fingerprint density at radius 2 is 1.63 bits per heavy atom. The van der Waals surface area contributed by atoms with Crippen LogP contribution in [0.25, 0.3) is 5.57 Å². The maximum absolute atomic E-state index is 14.2. The molecule has 0 amide bonds. The van der Waals surface area contributed by atoms with Gasteiger partial charge in [-0.05, 0) is 103 Å². The van der Waals surface area contributed by atoms with Crippen LogP contribution in [0.4, 0.5) is 0 Å². The second-order valence-electron chi connectivity index (χ2n) is 14.2. The molecule has 2 nitrogen and oxygen atoms in total. The van der Waals surface area contributed by atoms with Crippen molar-refractivity contribution in [3.05, 3.63) is 77.9 Å². The Hall–Kier alpha value is -2.19. The molecule has 1 spiro atoms. The Labute approximate surface area is 229 Å². The summed E-state index contributed by atoms with van der Waals surface area (Å²) < 4.78 is 6.93. The van der Waals surface area contributed by atoms with E-state index in [2.05, 4.69) is 87.5 Å². The summed E-state index contributed by atoms with van der Waals surface area (Å²) in [6, 6.07) is 21.7. The van der Waals surface area contributed by atoms with Crippen LogP contribution in [0.1, 0.15) is 89.7 Å². The van der Waals surface area contributed by atoms with Crippen molar-refractivity contribution >= 4 is 11.4 Å². The van der Waals surface area contributed by atoms with Crippen LogP contribution in [-0.4, -0.2) is 17.5 Å². The van der Waals surface area contributed by atoms with Gasteiger partial charge >= 0.3 is 0 Å². The molecule has 2 heterocycles. The van der Waals surface area contributed by atoms with Crippen molar-refractivity contribution in [2.45, 2.75) is 90.3 Å². The highest BCUT2D eigenvalue weighted by molar-refractivity contribution is 5.91. The molecule has 2 aromatic carbocycles. The highest BCUT2D eigenvalue weighted by Gasteiger charge is 2.74. The third-order valence-corrected chi connectivity index (χ3v) is 12.3. The fourth-order valence-corrected chi connectivity index (χ4v) is 10.3. The zero-order chi connectivity index (χ0) is 26.1. The number of hydrogen-bond donors (Lipinski definition) is 0. The lowest BCUT2D eigenvalue weighted by atomic mass is 9.41. The number of carbonyl (C=O) groups excluding carboxylic acids is 1. The largest absolute Gasteiger partial charge is 0.363 e. The molecule has 0 radical (unpaired) electrons. The van der Waals surface area contributed by atoms with Crippen molar-refractivity contribution in [2.24, 2.45) is 40.4 Å². The first-order valence-corrected chi connectivity index (χ1v) is 15.4. The molecular weight excluding hydrogens is 464 g/mol. The number of allylic oxidation sites excluding steroid dienone is 1. The molecule has 4 bridgehead atoms. The van der Waals surface area contributed by atoms with E-state index in [9.17, 15) is 4.79 Å². The predicted octanol–water partition coefficient (Wildman–Crippen LogP) is 8.50. The summed E-state index contributed by atoms with van der Waals surface area (Å²) >= 11 is 0. The summed E-state index contributed by atoms with van der Waals surface area (Å²) in [7, 11) is 0. The van der Waals surface area contributed by atoms with Crippen LogP contribution in [0.3, 0.4) is 0 Å². The standard InChI is InChI=1S/C36H44O2/c1-24(14-16-30(25-10-6-4-7-11-25)26-12-8-5-9-13-26)27-20-32-31-17-15-28-21-29-18-19-35(28,3)36(31,38-29)33(37)23-34(32,2)22-27/h4-13,16,24,27-29,31-32H,14-15,17-23H2,1-3H3/t24-,27-,28+,29+,31-,32+,34-,35-,36-/m0/s1. The molecule has 8 rings (SSSR count). The van der Waals surface area contributed by atoms with Crippen LogP contribution in [0.5, 0.6) is 0 Å². The third kappa shape index (κ3) is 3.51. The van der Waals surface area contributed by atoms with Gasteiger partial charge in [0.25, 0.3) is 0 Å². The number of ketones is 1. The average molecular weight is 509 g/mol. The fraction of sp³-hybridized carbons (Fsp3) is 0.583. The zero-order valence-corrected chi connectivity index (χ0v) is 23.5. The van der Waals surface area contributed by atoms with Gasteiger partial charge in [-0.1, -0.05) is 87.5 Å². The maximum atomic E-state index is 14.2. The second kappa shape index (κ2) is 8.91. The average Bonchev–Trinajstić information content (AvgIpc) is 3.27. The molecule has 9 atom stereocenters. The molecule has 2 heteroatoms. The van der Waals surface area contributed by atoms with E-state index in [0.29, 0.717) is 41.5 Å². The lowest BCUT2D eigenvalue weighted by molar-refractivity contribution is -0.306. The van der Waals surface area contributed by atoms with Crippen molar-refractivity contribution < 1.29 is 9.53 Å². The van der Waals surface area contributed by atoms with E-state index in [-0.39, 0.29) is 10.8 Å². The lowest BCUT2D eigenvalue weighted by Gasteiger charge is -2.70. The molecule has 38 heavy (non-hydrogen) atoms. The van der Waals surface area contributed by atoms with Gasteiger partial charge in [0.15, 0.2) is 5.78 Å². The number of ether oxygens (including phenoxy) is 1. The maximum Gasteiger partial charge on any atom is 0.166 e. The Morgan fingerprint density at radius 3 is 2.32 bits per heavy atom. The van der Waals surface area contributed by atoms with Gasteiger partial charge in [0, 0.05) is 11.8 Å². The third-order valence-electron chi connectivity index (χ3n) is 12.3. The summed E-state index contributed by atoms with van der Waals surface area (Å²) in [4.78, 5) is 14.2. The van der Waals surface area contributed by atoms with Gasteiger partial charge < -0.3 is 4.74 Å². The molecule has 6 fully saturated rings. The molecule has 4 saturated carbocycles. The Morgan fingerprint density at radius 1 is 0.947 bits per heavy atom. The van der Waals surface area contributed by atoms with E-state index in [4.69, 9.17) is 4.74 Å². The summed E-state index contributed by atoms with van der Waals surface area (Å²) in [5.41, 5.74) is 3.65. The smallest absolute Gasteiger partial charge is 0.166 e. The summed E-state index contributed by atoms with van der Waals surface area (Å²) in [6.45, 7) is 7.36. The number of Topliss-reactive ketones (excluding diaryl/α,β-unsaturated/α-hetero) is 1. The Balaban J connectivity index is 1.15. The first-order chi connectivity index (χ1) is 18.3. The number of carbonyl (C=O) groups is 1. The van der Waals surface area contributed by atoms with Crippen molar-refractivity contribution in [1.82, 2.24) is 0 Å².